The molecule has 0 aliphatic carbocycles. The normalized spacial score (nSPS) is 11.9. The van der Waals surface area contributed by atoms with Crippen molar-refractivity contribution < 1.29 is 27.2 Å². The zero-order valence-electron chi connectivity index (χ0n) is 24.8. The van der Waals surface area contributed by atoms with Gasteiger partial charge in [-0.1, -0.05) is 23.8 Å². The summed E-state index contributed by atoms with van der Waals surface area (Å²) in [6.45, 7) is 3.54. The van der Waals surface area contributed by atoms with Crippen molar-refractivity contribution in [3.05, 3.63) is 84.6 Å². The second kappa shape index (κ2) is 13.8. The van der Waals surface area contributed by atoms with Gasteiger partial charge in [0.1, 0.15) is 28.6 Å². The van der Waals surface area contributed by atoms with Crippen LogP contribution in [0, 0.1) is 6.92 Å². The van der Waals surface area contributed by atoms with Gasteiger partial charge < -0.3 is 19.3 Å². The first kappa shape index (κ1) is 31.5. The third kappa shape index (κ3) is 7.59. The molecule has 1 amide bonds. The van der Waals surface area contributed by atoms with Crippen molar-refractivity contribution in [3.63, 3.8) is 0 Å². The molecule has 0 radical (unpaired) electrons. The molecule has 1 atom stereocenters. The zero-order chi connectivity index (χ0) is 32.0. The van der Waals surface area contributed by atoms with Crippen LogP contribution in [0.4, 0.5) is 11.5 Å². The molecule has 14 heteroatoms. The van der Waals surface area contributed by atoms with Gasteiger partial charge in [-0.05, 0) is 86.1 Å². The second-order valence-electron chi connectivity index (χ2n) is 9.71. The topological polar surface area (TPSA) is 158 Å². The van der Waals surface area contributed by atoms with Crippen LogP contribution >= 0.6 is 11.8 Å². The summed E-state index contributed by atoms with van der Waals surface area (Å²) in [6, 6.07) is 22.2. The Hall–Kier alpha value is -4.95. The van der Waals surface area contributed by atoms with Crippen LogP contribution in [0.5, 0.6) is 11.5 Å². The fraction of sp³-hybridized carbons (Fsp3) is 0.194. The van der Waals surface area contributed by atoms with E-state index in [-0.39, 0.29) is 16.6 Å². The van der Waals surface area contributed by atoms with E-state index in [4.69, 9.17) is 19.0 Å². The van der Waals surface area contributed by atoms with Gasteiger partial charge in [0.25, 0.3) is 10.0 Å². The van der Waals surface area contributed by atoms with Crippen molar-refractivity contribution in [1.29, 1.82) is 0 Å². The summed E-state index contributed by atoms with van der Waals surface area (Å²) in [7, 11) is -0.688. The van der Waals surface area contributed by atoms with Gasteiger partial charge in [-0.3, -0.25) is 9.52 Å². The largest absolute Gasteiger partial charge is 0.497 e. The highest BCUT2D eigenvalue weighted by Gasteiger charge is 2.23. The fourth-order valence-corrected chi connectivity index (χ4v) is 6.06. The maximum atomic E-state index is 13.3. The van der Waals surface area contributed by atoms with Crippen LogP contribution in [-0.4, -0.2) is 54.1 Å². The molecule has 0 bridgehead atoms. The van der Waals surface area contributed by atoms with Crippen molar-refractivity contribution in [2.45, 2.75) is 35.6 Å². The summed E-state index contributed by atoms with van der Waals surface area (Å²) in [4.78, 5) is 18.1. The highest BCUT2D eigenvalue weighted by molar-refractivity contribution is 8.00. The van der Waals surface area contributed by atoms with E-state index < -0.39 is 15.3 Å². The lowest BCUT2D eigenvalue weighted by molar-refractivity contribution is -0.115. The summed E-state index contributed by atoms with van der Waals surface area (Å²) >= 11 is 1.19. The van der Waals surface area contributed by atoms with Crippen LogP contribution in [-0.2, 0) is 14.8 Å². The van der Waals surface area contributed by atoms with Crippen molar-refractivity contribution in [3.8, 4) is 34.0 Å². The van der Waals surface area contributed by atoms with Gasteiger partial charge in [-0.15, -0.1) is 10.2 Å². The number of anilines is 2. The van der Waals surface area contributed by atoms with Crippen LogP contribution < -0.4 is 19.5 Å². The molecule has 1 unspecified atom stereocenters. The lowest BCUT2D eigenvalue weighted by Crippen LogP contribution is -2.25. The predicted octanol–water partition coefficient (Wildman–Crippen LogP) is 5.83. The van der Waals surface area contributed by atoms with Gasteiger partial charge in [-0.2, -0.15) is 0 Å². The standard InChI is InChI=1S/C31H30N6O6S2/c1-5-26(30(38)32-22-10-16-25(17-11-22)45(39,40)37-27-18-19(2)43-36-27)44-31-33-28(20-6-12-23(41-3)13-7-20)29(34-35-31)21-8-14-24(42-4)15-9-21/h6-18,26H,5H2,1-4H3,(H,32,38)(H,36,37). The summed E-state index contributed by atoms with van der Waals surface area (Å²) in [5.41, 5.74) is 3.22. The number of methoxy groups -OCH3 is 2. The summed E-state index contributed by atoms with van der Waals surface area (Å²) < 4.78 is 43.2. The van der Waals surface area contributed by atoms with Crippen molar-refractivity contribution in [1.82, 2.24) is 20.3 Å². The lowest BCUT2D eigenvalue weighted by Gasteiger charge is -2.15. The van der Waals surface area contributed by atoms with Gasteiger partial charge >= 0.3 is 0 Å². The Balaban J connectivity index is 1.34. The first-order valence-corrected chi connectivity index (χ1v) is 16.1. The first-order valence-electron chi connectivity index (χ1n) is 13.8. The van der Waals surface area contributed by atoms with Gasteiger partial charge in [0.05, 0.1) is 24.4 Å². The number of amides is 1. The Labute approximate surface area is 264 Å². The third-order valence-corrected chi connectivity index (χ3v) is 9.19. The summed E-state index contributed by atoms with van der Waals surface area (Å²) in [5, 5.41) is 15.1. The maximum absolute atomic E-state index is 13.3. The van der Waals surface area contributed by atoms with Crippen molar-refractivity contribution >= 4 is 39.2 Å². The molecule has 5 rings (SSSR count). The molecule has 45 heavy (non-hydrogen) atoms. The molecule has 3 aromatic carbocycles. The Morgan fingerprint density at radius 1 is 0.889 bits per heavy atom. The molecule has 12 nitrogen and oxygen atoms in total. The number of aromatic nitrogens is 4. The molecular formula is C31H30N6O6S2. The van der Waals surface area contributed by atoms with E-state index >= 15 is 0 Å². The number of sulfonamides is 1. The molecule has 232 valence electrons. The number of thioether (sulfide) groups is 1. The second-order valence-corrected chi connectivity index (χ2v) is 12.6. The summed E-state index contributed by atoms with van der Waals surface area (Å²) in [6.07, 6.45) is 0.478. The van der Waals surface area contributed by atoms with E-state index in [0.29, 0.717) is 45.9 Å². The molecule has 2 N–H and O–H groups in total. The number of nitrogens with one attached hydrogen (secondary N) is 2. The zero-order valence-corrected chi connectivity index (χ0v) is 26.5. The van der Waals surface area contributed by atoms with E-state index in [9.17, 15) is 13.2 Å². The minimum absolute atomic E-state index is 0.00468. The van der Waals surface area contributed by atoms with Crippen LogP contribution in [0.25, 0.3) is 22.5 Å². The quantitative estimate of drug-likeness (QED) is 0.157. The van der Waals surface area contributed by atoms with Gasteiger partial charge in [0.15, 0.2) is 5.82 Å². The van der Waals surface area contributed by atoms with Crippen LogP contribution in [0.15, 0.2) is 93.4 Å². The van der Waals surface area contributed by atoms with Crippen molar-refractivity contribution in [2.24, 2.45) is 0 Å². The van der Waals surface area contributed by atoms with E-state index in [1.165, 1.54) is 42.1 Å². The van der Waals surface area contributed by atoms with Crippen LogP contribution in [0.2, 0.25) is 0 Å². The molecule has 2 heterocycles. The van der Waals surface area contributed by atoms with Gasteiger partial charge in [0.2, 0.25) is 11.1 Å². The average Bonchev–Trinajstić information content (AvgIpc) is 3.47. The minimum Gasteiger partial charge on any atom is -0.497 e. The first-order chi connectivity index (χ1) is 21.7. The van der Waals surface area contributed by atoms with E-state index in [1.807, 2.05) is 55.5 Å². The molecule has 0 aliphatic heterocycles. The number of hydrogen-bond donors (Lipinski definition) is 2. The number of carbonyl (C=O) groups is 1. The Bertz CT molecular complexity index is 1880. The van der Waals surface area contributed by atoms with E-state index in [0.717, 1.165) is 11.1 Å². The third-order valence-electron chi connectivity index (χ3n) is 6.60. The SMILES string of the molecule is CCC(Sc1nnc(-c2ccc(OC)cc2)c(-c2ccc(OC)cc2)n1)C(=O)Nc1ccc(S(=O)(=O)Nc2cc(C)on2)cc1. The molecule has 0 saturated heterocycles. The molecular weight excluding hydrogens is 617 g/mol. The smallest absolute Gasteiger partial charge is 0.263 e. The fourth-order valence-electron chi connectivity index (χ4n) is 4.26. The van der Waals surface area contributed by atoms with Crippen molar-refractivity contribution in [2.75, 3.05) is 24.3 Å². The number of hydrogen-bond acceptors (Lipinski definition) is 11. The lowest BCUT2D eigenvalue weighted by atomic mass is 10.0. The monoisotopic (exact) mass is 646 g/mol. The highest BCUT2D eigenvalue weighted by Crippen LogP contribution is 2.33. The molecule has 5 aromatic rings. The molecule has 0 saturated carbocycles. The minimum atomic E-state index is -3.89. The molecule has 2 aromatic heterocycles. The van der Waals surface area contributed by atoms with Gasteiger partial charge in [0, 0.05) is 22.9 Å². The number of carbonyl (C=O) groups excluding carboxylic acids is 1. The molecule has 0 fully saturated rings. The average molecular weight is 647 g/mol. The molecule has 0 aliphatic rings. The Morgan fingerprint density at radius 2 is 1.49 bits per heavy atom. The number of benzene rings is 3. The van der Waals surface area contributed by atoms with E-state index in [2.05, 4.69) is 25.4 Å². The van der Waals surface area contributed by atoms with Crippen LogP contribution in [0.1, 0.15) is 19.1 Å². The number of ether oxygens (including phenoxy) is 2. The number of aryl methyl sites for hydroxylation is 1. The Kier molecular flexibility index (Phi) is 9.64. The molecule has 0 spiro atoms. The summed E-state index contributed by atoms with van der Waals surface area (Å²) in [5.74, 6) is 1.68. The number of rotatable bonds is 12. The highest BCUT2D eigenvalue weighted by atomic mass is 32.2. The predicted molar refractivity (Wildman–Crippen MR) is 171 cm³/mol. The van der Waals surface area contributed by atoms with E-state index in [1.54, 1.807) is 21.1 Å². The Morgan fingerprint density at radius 3 is 2.02 bits per heavy atom. The number of nitrogens with zero attached hydrogens (tertiary/aromatic N) is 4. The van der Waals surface area contributed by atoms with Gasteiger partial charge in [-0.25, -0.2) is 13.4 Å². The van der Waals surface area contributed by atoms with Crippen LogP contribution in [0.3, 0.4) is 0 Å². The maximum Gasteiger partial charge on any atom is 0.263 e.